The van der Waals surface area contributed by atoms with Gasteiger partial charge in [0.05, 0.1) is 11.0 Å². The summed E-state index contributed by atoms with van der Waals surface area (Å²) in [5.74, 6) is 0.664. The molecule has 1 fully saturated rings. The largest absolute Gasteiger partial charge is 0.490 e. The summed E-state index contributed by atoms with van der Waals surface area (Å²) in [6, 6.07) is 12.2. The van der Waals surface area contributed by atoms with Crippen LogP contribution in [0.3, 0.4) is 0 Å². The molecular weight excluding hydrogens is 396 g/mol. The number of hydrogen-bond acceptors (Lipinski definition) is 6. The number of nitrogens with zero attached hydrogens (tertiary/aromatic N) is 3. The summed E-state index contributed by atoms with van der Waals surface area (Å²) in [6.45, 7) is 0.371. The summed E-state index contributed by atoms with van der Waals surface area (Å²) in [4.78, 5) is 27.9. The summed E-state index contributed by atoms with van der Waals surface area (Å²) in [5.41, 5.74) is 1.33. The van der Waals surface area contributed by atoms with Crippen molar-refractivity contribution in [3.63, 3.8) is 0 Å². The van der Waals surface area contributed by atoms with Gasteiger partial charge >= 0.3 is 0 Å². The Morgan fingerprint density at radius 3 is 2.74 bits per heavy atom. The van der Waals surface area contributed by atoms with Crippen molar-refractivity contribution >= 4 is 17.2 Å². The fourth-order valence-electron chi connectivity index (χ4n) is 3.83. The molecule has 2 aromatic carbocycles. The number of ketones is 1. The number of para-hydroxylation sites is 1. The zero-order valence-corrected chi connectivity index (χ0v) is 17.3. The quantitative estimate of drug-likeness (QED) is 0.327. The third-order valence-corrected chi connectivity index (χ3v) is 5.52. The molecule has 8 nitrogen and oxygen atoms in total. The van der Waals surface area contributed by atoms with E-state index in [0.717, 1.165) is 24.2 Å². The number of carbonyl (C=O) groups is 1. The third kappa shape index (κ3) is 4.58. The molecule has 160 valence electrons. The maximum atomic E-state index is 12.7. The number of imidazole rings is 1. The Morgan fingerprint density at radius 1 is 1.26 bits per heavy atom. The number of nitro groups is 1. The Hall–Kier alpha value is -3.68. The average Bonchev–Trinajstić information content (AvgIpc) is 3.44. The molecule has 1 aromatic heterocycles. The number of nitro benzene ring substituents is 1. The van der Waals surface area contributed by atoms with Gasteiger partial charge in [-0.15, -0.1) is 0 Å². The van der Waals surface area contributed by atoms with Crippen molar-refractivity contribution in [3.8, 4) is 5.75 Å². The number of ether oxygens (including phenoxy) is 1. The maximum absolute atomic E-state index is 12.7. The minimum Gasteiger partial charge on any atom is -0.490 e. The first-order chi connectivity index (χ1) is 15.0. The van der Waals surface area contributed by atoms with E-state index in [4.69, 9.17) is 4.74 Å². The Labute approximate surface area is 180 Å². The van der Waals surface area contributed by atoms with Crippen LogP contribution in [-0.2, 0) is 13.6 Å². The summed E-state index contributed by atoms with van der Waals surface area (Å²) in [7, 11) is 1.70. The topological polar surface area (TPSA) is 99.3 Å². The molecule has 0 aliphatic heterocycles. The SMILES string of the molecule is Cn1ccnc1C(=O)c1ccc(NCc2ccccc2OC2CCCC2)c([N+](=O)[O-])c1. The second kappa shape index (κ2) is 8.99. The zero-order chi connectivity index (χ0) is 21.8. The minimum atomic E-state index is -0.488. The van der Waals surface area contributed by atoms with Gasteiger partial charge in [-0.3, -0.25) is 14.9 Å². The fourth-order valence-corrected chi connectivity index (χ4v) is 3.83. The van der Waals surface area contributed by atoms with Crippen LogP contribution in [0.1, 0.15) is 47.4 Å². The lowest BCUT2D eigenvalue weighted by Crippen LogP contribution is -2.13. The van der Waals surface area contributed by atoms with Crippen molar-refractivity contribution in [2.75, 3.05) is 5.32 Å². The minimum absolute atomic E-state index is 0.158. The van der Waals surface area contributed by atoms with E-state index < -0.39 is 4.92 Å². The molecule has 0 radical (unpaired) electrons. The molecule has 0 atom stereocenters. The van der Waals surface area contributed by atoms with Gasteiger partial charge in [0.25, 0.3) is 5.69 Å². The predicted octanol–water partition coefficient (Wildman–Crippen LogP) is 4.49. The highest BCUT2D eigenvalue weighted by Crippen LogP contribution is 2.30. The predicted molar refractivity (Wildman–Crippen MR) is 116 cm³/mol. The summed E-state index contributed by atoms with van der Waals surface area (Å²) in [5, 5.41) is 14.8. The highest BCUT2D eigenvalue weighted by molar-refractivity contribution is 6.07. The molecular formula is C23H24N4O4. The first kappa shape index (κ1) is 20.6. The van der Waals surface area contributed by atoms with E-state index in [0.29, 0.717) is 12.2 Å². The molecule has 0 unspecified atom stereocenters. The summed E-state index contributed by atoms with van der Waals surface area (Å²) >= 11 is 0. The lowest BCUT2D eigenvalue weighted by molar-refractivity contribution is -0.384. The standard InChI is InChI=1S/C23H24N4O4/c1-26-13-12-24-23(26)22(28)16-10-11-19(20(14-16)27(29)30)25-15-17-6-2-5-9-21(17)31-18-7-3-4-8-18/h2,5-6,9-14,18,25H,3-4,7-8,15H2,1H3. The van der Waals surface area contributed by atoms with Crippen molar-refractivity contribution in [1.82, 2.24) is 9.55 Å². The molecule has 8 heteroatoms. The van der Waals surface area contributed by atoms with E-state index in [-0.39, 0.29) is 29.0 Å². The first-order valence-electron chi connectivity index (χ1n) is 10.3. The van der Waals surface area contributed by atoms with Crippen LogP contribution in [-0.4, -0.2) is 26.4 Å². The lowest BCUT2D eigenvalue weighted by atomic mass is 10.1. The van der Waals surface area contributed by atoms with Gasteiger partial charge < -0.3 is 14.6 Å². The number of hydrogen-bond donors (Lipinski definition) is 1. The van der Waals surface area contributed by atoms with Crippen LogP contribution in [0.4, 0.5) is 11.4 Å². The van der Waals surface area contributed by atoms with Crippen LogP contribution in [0.5, 0.6) is 5.75 Å². The van der Waals surface area contributed by atoms with Gasteiger partial charge in [-0.25, -0.2) is 4.98 Å². The molecule has 4 rings (SSSR count). The number of aryl methyl sites for hydroxylation is 1. The van der Waals surface area contributed by atoms with Crippen molar-refractivity contribution in [1.29, 1.82) is 0 Å². The van der Waals surface area contributed by atoms with E-state index in [2.05, 4.69) is 10.3 Å². The number of carbonyl (C=O) groups excluding carboxylic acids is 1. The molecule has 1 aliphatic carbocycles. The molecule has 0 amide bonds. The van der Waals surface area contributed by atoms with E-state index in [1.165, 1.54) is 25.1 Å². The van der Waals surface area contributed by atoms with Crippen molar-refractivity contribution in [2.45, 2.75) is 38.3 Å². The number of rotatable bonds is 8. The first-order valence-corrected chi connectivity index (χ1v) is 10.3. The average molecular weight is 420 g/mol. The smallest absolute Gasteiger partial charge is 0.293 e. The summed E-state index contributed by atoms with van der Waals surface area (Å²) in [6.07, 6.45) is 7.87. The molecule has 1 saturated carbocycles. The molecule has 3 aromatic rings. The second-order valence-corrected chi connectivity index (χ2v) is 7.67. The third-order valence-electron chi connectivity index (χ3n) is 5.52. The van der Waals surface area contributed by atoms with E-state index in [1.54, 1.807) is 29.9 Å². The monoisotopic (exact) mass is 420 g/mol. The van der Waals surface area contributed by atoms with Crippen LogP contribution >= 0.6 is 0 Å². The number of anilines is 1. The molecule has 0 saturated heterocycles. The highest BCUT2D eigenvalue weighted by atomic mass is 16.6. The Morgan fingerprint density at radius 2 is 2.03 bits per heavy atom. The Kier molecular flexibility index (Phi) is 5.97. The van der Waals surface area contributed by atoms with E-state index in [9.17, 15) is 14.9 Å². The van der Waals surface area contributed by atoms with Gasteiger partial charge in [0.2, 0.25) is 5.78 Å². The number of aromatic nitrogens is 2. The van der Waals surface area contributed by atoms with Crippen LogP contribution in [0.25, 0.3) is 0 Å². The van der Waals surface area contributed by atoms with Crippen LogP contribution in [0.15, 0.2) is 54.9 Å². The van der Waals surface area contributed by atoms with Gasteiger partial charge in [0.15, 0.2) is 5.82 Å². The van der Waals surface area contributed by atoms with E-state index >= 15 is 0 Å². The molecule has 31 heavy (non-hydrogen) atoms. The van der Waals surface area contributed by atoms with Crippen LogP contribution in [0, 0.1) is 10.1 Å². The van der Waals surface area contributed by atoms with Gasteiger partial charge in [0, 0.05) is 43.2 Å². The second-order valence-electron chi connectivity index (χ2n) is 7.67. The van der Waals surface area contributed by atoms with Crippen molar-refractivity contribution in [2.24, 2.45) is 7.05 Å². The number of nitrogens with one attached hydrogen (secondary N) is 1. The van der Waals surface area contributed by atoms with Crippen molar-refractivity contribution in [3.05, 3.63) is 81.9 Å². The zero-order valence-electron chi connectivity index (χ0n) is 17.3. The molecule has 1 aliphatic rings. The lowest BCUT2D eigenvalue weighted by Gasteiger charge is -2.17. The fraction of sp³-hybridized carbons (Fsp3) is 0.304. The normalized spacial score (nSPS) is 13.8. The molecule has 1 N–H and O–H groups in total. The molecule has 0 bridgehead atoms. The summed E-state index contributed by atoms with van der Waals surface area (Å²) < 4.78 is 7.73. The van der Waals surface area contributed by atoms with Crippen LogP contribution < -0.4 is 10.1 Å². The van der Waals surface area contributed by atoms with E-state index in [1.807, 2.05) is 24.3 Å². The van der Waals surface area contributed by atoms with Crippen molar-refractivity contribution < 1.29 is 14.5 Å². The van der Waals surface area contributed by atoms with Gasteiger partial charge in [-0.1, -0.05) is 18.2 Å². The number of benzene rings is 2. The Balaban J connectivity index is 1.53. The van der Waals surface area contributed by atoms with Gasteiger partial charge in [-0.2, -0.15) is 0 Å². The maximum Gasteiger partial charge on any atom is 0.293 e. The highest BCUT2D eigenvalue weighted by Gasteiger charge is 2.21. The molecule has 0 spiro atoms. The van der Waals surface area contributed by atoms with Crippen LogP contribution in [0.2, 0.25) is 0 Å². The molecule has 1 heterocycles. The van der Waals surface area contributed by atoms with Gasteiger partial charge in [-0.05, 0) is 43.9 Å². The Bertz CT molecular complexity index is 1100. The van der Waals surface area contributed by atoms with Gasteiger partial charge in [0.1, 0.15) is 11.4 Å².